The van der Waals surface area contributed by atoms with Crippen LogP contribution in [0.5, 0.6) is 23.0 Å². The molecule has 2 aromatic rings. The standard InChI is InChI=1S/C25H26O8/c1-5-30-24(26)17-9-15-11-19(28-3)20(29-4)12-16(15)22(23(17)25(27)31-6-2)14-7-8-18-21(10-14)33-13-32-18/h7-12,22-23H,5-6,13H2,1-4H3/t22-,23-/m1/s1. The van der Waals surface area contributed by atoms with Gasteiger partial charge in [-0.15, -0.1) is 0 Å². The van der Waals surface area contributed by atoms with Gasteiger partial charge in [0.15, 0.2) is 23.0 Å². The molecule has 4 rings (SSSR count). The summed E-state index contributed by atoms with van der Waals surface area (Å²) in [5.74, 6) is -0.345. The lowest BCUT2D eigenvalue weighted by Crippen LogP contribution is -2.33. The first-order chi connectivity index (χ1) is 16.0. The summed E-state index contributed by atoms with van der Waals surface area (Å²) in [5, 5.41) is 0. The Morgan fingerprint density at radius 2 is 1.64 bits per heavy atom. The molecule has 1 aliphatic carbocycles. The Balaban J connectivity index is 1.96. The number of carbonyl (C=O) groups is 2. The third kappa shape index (κ3) is 4.08. The van der Waals surface area contributed by atoms with Crippen LogP contribution in [0.2, 0.25) is 0 Å². The third-order valence-corrected chi connectivity index (χ3v) is 5.71. The van der Waals surface area contributed by atoms with E-state index in [2.05, 4.69) is 0 Å². The summed E-state index contributed by atoms with van der Waals surface area (Å²) in [7, 11) is 3.09. The number of hydrogen-bond donors (Lipinski definition) is 0. The first-order valence-electron chi connectivity index (χ1n) is 10.7. The van der Waals surface area contributed by atoms with Crippen molar-refractivity contribution in [2.45, 2.75) is 19.8 Å². The minimum absolute atomic E-state index is 0.125. The molecule has 1 aliphatic heterocycles. The number of rotatable bonds is 7. The van der Waals surface area contributed by atoms with E-state index in [4.69, 9.17) is 28.4 Å². The average molecular weight is 454 g/mol. The quantitative estimate of drug-likeness (QED) is 0.585. The smallest absolute Gasteiger partial charge is 0.334 e. The van der Waals surface area contributed by atoms with Gasteiger partial charge < -0.3 is 28.4 Å². The van der Waals surface area contributed by atoms with Crippen molar-refractivity contribution in [3.8, 4) is 23.0 Å². The maximum Gasteiger partial charge on any atom is 0.334 e. The first kappa shape index (κ1) is 22.5. The molecule has 0 N–H and O–H groups in total. The van der Waals surface area contributed by atoms with Gasteiger partial charge in [0.25, 0.3) is 0 Å². The molecule has 0 aromatic heterocycles. The second-order valence-electron chi connectivity index (χ2n) is 7.48. The van der Waals surface area contributed by atoms with Gasteiger partial charge in [0.2, 0.25) is 6.79 Å². The zero-order chi connectivity index (χ0) is 23.5. The second-order valence-corrected chi connectivity index (χ2v) is 7.48. The summed E-state index contributed by atoms with van der Waals surface area (Å²) in [6.45, 7) is 3.93. The zero-order valence-corrected chi connectivity index (χ0v) is 19.0. The highest BCUT2D eigenvalue weighted by Gasteiger charge is 2.43. The van der Waals surface area contributed by atoms with E-state index in [1.54, 1.807) is 46.3 Å². The van der Waals surface area contributed by atoms with Crippen molar-refractivity contribution < 1.29 is 38.0 Å². The second kappa shape index (κ2) is 9.44. The highest BCUT2D eigenvalue weighted by Crippen LogP contribution is 2.48. The molecule has 0 saturated carbocycles. The van der Waals surface area contributed by atoms with Gasteiger partial charge in [0.1, 0.15) is 0 Å². The SMILES string of the molecule is CCOC(=O)C1=Cc2cc(OC)c(OC)cc2[C@@H](c2ccc3c(c2)OCO3)[C@@H]1C(=O)OCC. The highest BCUT2D eigenvalue weighted by atomic mass is 16.7. The van der Waals surface area contributed by atoms with E-state index in [0.29, 0.717) is 23.0 Å². The third-order valence-electron chi connectivity index (χ3n) is 5.71. The molecule has 0 bridgehead atoms. The minimum atomic E-state index is -0.921. The molecular formula is C25H26O8. The number of benzene rings is 2. The molecule has 0 unspecified atom stereocenters. The van der Waals surface area contributed by atoms with Crippen LogP contribution in [0.25, 0.3) is 6.08 Å². The van der Waals surface area contributed by atoms with E-state index in [0.717, 1.165) is 16.7 Å². The highest BCUT2D eigenvalue weighted by molar-refractivity contribution is 6.02. The molecule has 2 aliphatic rings. The Morgan fingerprint density at radius 1 is 0.939 bits per heavy atom. The van der Waals surface area contributed by atoms with Crippen molar-refractivity contribution in [3.63, 3.8) is 0 Å². The van der Waals surface area contributed by atoms with E-state index in [1.807, 2.05) is 18.2 Å². The molecule has 0 amide bonds. The summed E-state index contributed by atoms with van der Waals surface area (Å²) in [6.07, 6.45) is 1.67. The van der Waals surface area contributed by atoms with E-state index in [9.17, 15) is 9.59 Å². The van der Waals surface area contributed by atoms with E-state index < -0.39 is 23.8 Å². The van der Waals surface area contributed by atoms with Crippen molar-refractivity contribution in [1.29, 1.82) is 0 Å². The molecule has 0 fully saturated rings. The summed E-state index contributed by atoms with van der Waals surface area (Å²) in [4.78, 5) is 26.2. The van der Waals surface area contributed by atoms with Crippen LogP contribution in [0.3, 0.4) is 0 Å². The summed E-state index contributed by atoms with van der Waals surface area (Å²) < 4.78 is 32.7. The van der Waals surface area contributed by atoms with Crippen molar-refractivity contribution in [1.82, 2.24) is 0 Å². The van der Waals surface area contributed by atoms with Gasteiger partial charge in [-0.3, -0.25) is 4.79 Å². The summed E-state index contributed by atoms with van der Waals surface area (Å²) >= 11 is 0. The number of ether oxygens (including phenoxy) is 6. The van der Waals surface area contributed by atoms with Gasteiger partial charge in [-0.05, 0) is 60.9 Å². The van der Waals surface area contributed by atoms with Crippen LogP contribution in [0.4, 0.5) is 0 Å². The van der Waals surface area contributed by atoms with Crippen LogP contribution in [-0.2, 0) is 19.1 Å². The lowest BCUT2D eigenvalue weighted by molar-refractivity contribution is -0.150. The fourth-order valence-corrected chi connectivity index (χ4v) is 4.30. The Labute approximate surface area is 192 Å². The molecule has 1 heterocycles. The van der Waals surface area contributed by atoms with Crippen molar-refractivity contribution in [3.05, 3.63) is 52.6 Å². The molecule has 8 nitrogen and oxygen atoms in total. The van der Waals surface area contributed by atoms with Gasteiger partial charge in [0.05, 0.1) is 38.9 Å². The Bertz CT molecular complexity index is 1100. The monoisotopic (exact) mass is 454 g/mol. The Morgan fingerprint density at radius 3 is 2.33 bits per heavy atom. The molecule has 2 aromatic carbocycles. The molecule has 0 saturated heterocycles. The predicted molar refractivity (Wildman–Crippen MR) is 119 cm³/mol. The van der Waals surface area contributed by atoms with Crippen LogP contribution in [0.15, 0.2) is 35.9 Å². The van der Waals surface area contributed by atoms with Gasteiger partial charge in [0, 0.05) is 5.92 Å². The minimum Gasteiger partial charge on any atom is -0.493 e. The van der Waals surface area contributed by atoms with Crippen LogP contribution in [-0.4, -0.2) is 46.2 Å². The Kier molecular flexibility index (Phi) is 6.44. The average Bonchev–Trinajstić information content (AvgIpc) is 3.30. The topological polar surface area (TPSA) is 89.5 Å². The fraction of sp³-hybridized carbons (Fsp3) is 0.360. The molecule has 8 heteroatoms. The maximum absolute atomic E-state index is 13.2. The van der Waals surface area contributed by atoms with Gasteiger partial charge in [-0.25, -0.2) is 4.79 Å². The number of hydrogen-bond acceptors (Lipinski definition) is 8. The van der Waals surface area contributed by atoms with E-state index >= 15 is 0 Å². The van der Waals surface area contributed by atoms with E-state index in [1.165, 1.54) is 0 Å². The number of carbonyl (C=O) groups excluding carboxylic acids is 2. The molecule has 0 radical (unpaired) electrons. The van der Waals surface area contributed by atoms with Crippen LogP contribution < -0.4 is 18.9 Å². The molecule has 174 valence electrons. The molecule has 33 heavy (non-hydrogen) atoms. The largest absolute Gasteiger partial charge is 0.493 e. The summed E-state index contributed by atoms with van der Waals surface area (Å²) in [5.41, 5.74) is 2.50. The summed E-state index contributed by atoms with van der Waals surface area (Å²) in [6, 6.07) is 9.10. The number of esters is 2. The first-order valence-corrected chi connectivity index (χ1v) is 10.7. The van der Waals surface area contributed by atoms with Crippen molar-refractivity contribution in [2.24, 2.45) is 5.92 Å². The van der Waals surface area contributed by atoms with Gasteiger partial charge >= 0.3 is 11.9 Å². The van der Waals surface area contributed by atoms with E-state index in [-0.39, 0.29) is 25.6 Å². The van der Waals surface area contributed by atoms with Crippen LogP contribution >= 0.6 is 0 Å². The van der Waals surface area contributed by atoms with Crippen molar-refractivity contribution >= 4 is 18.0 Å². The van der Waals surface area contributed by atoms with Crippen LogP contribution in [0, 0.1) is 5.92 Å². The molecule has 2 atom stereocenters. The van der Waals surface area contributed by atoms with Crippen molar-refractivity contribution in [2.75, 3.05) is 34.2 Å². The van der Waals surface area contributed by atoms with Gasteiger partial charge in [-0.2, -0.15) is 0 Å². The fourth-order valence-electron chi connectivity index (χ4n) is 4.30. The number of methoxy groups -OCH3 is 2. The Hall–Kier alpha value is -3.68. The normalized spacial score (nSPS) is 18.1. The zero-order valence-electron chi connectivity index (χ0n) is 19.0. The molecule has 0 spiro atoms. The molecular weight excluding hydrogens is 428 g/mol. The lowest BCUT2D eigenvalue weighted by Gasteiger charge is -2.33. The maximum atomic E-state index is 13.2. The van der Waals surface area contributed by atoms with Gasteiger partial charge in [-0.1, -0.05) is 6.07 Å². The number of fused-ring (bicyclic) bond motifs is 2. The van der Waals surface area contributed by atoms with Crippen LogP contribution in [0.1, 0.15) is 36.5 Å². The predicted octanol–water partition coefficient (Wildman–Crippen LogP) is 3.70. The lowest BCUT2D eigenvalue weighted by atomic mass is 9.71.